The Morgan fingerprint density at radius 1 is 1.10 bits per heavy atom. The van der Waals surface area contributed by atoms with Gasteiger partial charge in [0.25, 0.3) is 0 Å². The van der Waals surface area contributed by atoms with Gasteiger partial charge < -0.3 is 4.74 Å². The largest absolute Gasteiger partial charge is 0.466 e. The Hall–Kier alpha value is -1.91. The molecule has 0 aliphatic heterocycles. The summed E-state index contributed by atoms with van der Waals surface area (Å²) < 4.78 is 4.47. The van der Waals surface area contributed by atoms with Gasteiger partial charge in [0.2, 0.25) is 5.70 Å². The van der Waals surface area contributed by atoms with E-state index < -0.39 is 0 Å². The molecule has 5 nitrogen and oxygen atoms in total. The predicted molar refractivity (Wildman–Crippen MR) is 78.7 cm³/mol. The first kappa shape index (κ1) is 18.1. The monoisotopic (exact) mass is 281 g/mol. The van der Waals surface area contributed by atoms with Crippen LogP contribution >= 0.6 is 0 Å². The molecule has 0 spiro atoms. The number of allylic oxidation sites excluding steroid dienone is 5. The van der Waals surface area contributed by atoms with Crippen LogP contribution in [0.25, 0.3) is 0 Å². The van der Waals surface area contributed by atoms with E-state index in [0.29, 0.717) is 0 Å². The van der Waals surface area contributed by atoms with Crippen molar-refractivity contribution in [2.45, 2.75) is 45.4 Å². The van der Waals surface area contributed by atoms with Crippen molar-refractivity contribution in [1.29, 1.82) is 0 Å². The Bertz CT molecular complexity index is 383. The lowest BCUT2D eigenvalue weighted by molar-refractivity contribution is -0.424. The minimum absolute atomic E-state index is 0.220. The third-order valence-electron chi connectivity index (χ3n) is 2.67. The minimum Gasteiger partial charge on any atom is -0.466 e. The summed E-state index contributed by atoms with van der Waals surface area (Å²) in [6.45, 7) is 1.52. The fraction of sp³-hybridized carbons (Fsp3) is 0.533. The van der Waals surface area contributed by atoms with Crippen molar-refractivity contribution in [3.05, 3.63) is 46.2 Å². The lowest BCUT2D eigenvalue weighted by Crippen LogP contribution is -1.93. The van der Waals surface area contributed by atoms with Gasteiger partial charge in [-0.3, -0.25) is 10.1 Å². The van der Waals surface area contributed by atoms with Crippen molar-refractivity contribution in [2.75, 3.05) is 7.11 Å². The quantitative estimate of drug-likeness (QED) is 0.152. The SMILES string of the molecule is COC(=O)/C=C\CC/C=C\CCCC/C=C(\C)[N+](=O)[O-]. The van der Waals surface area contributed by atoms with Crippen molar-refractivity contribution >= 4 is 5.97 Å². The zero-order valence-corrected chi connectivity index (χ0v) is 12.2. The number of rotatable bonds is 10. The summed E-state index contributed by atoms with van der Waals surface area (Å²) in [6, 6.07) is 0. The van der Waals surface area contributed by atoms with Crippen LogP contribution in [0.3, 0.4) is 0 Å². The molecule has 0 N–H and O–H groups in total. The molecule has 0 amide bonds. The maximum absolute atomic E-state index is 10.8. The van der Waals surface area contributed by atoms with Crippen LogP contribution in [0.5, 0.6) is 0 Å². The van der Waals surface area contributed by atoms with Gasteiger partial charge in [-0.25, -0.2) is 4.79 Å². The Morgan fingerprint density at radius 3 is 2.35 bits per heavy atom. The van der Waals surface area contributed by atoms with Gasteiger partial charge in [0, 0.05) is 13.0 Å². The fourth-order valence-electron chi connectivity index (χ4n) is 1.47. The molecule has 5 heteroatoms. The Balaban J connectivity index is 3.50. The van der Waals surface area contributed by atoms with E-state index in [2.05, 4.69) is 16.9 Å². The Morgan fingerprint density at radius 2 is 1.70 bits per heavy atom. The molecule has 112 valence electrons. The minimum atomic E-state index is -0.359. The first-order chi connectivity index (χ1) is 9.57. The molecule has 0 saturated carbocycles. The molecule has 0 unspecified atom stereocenters. The number of carbonyl (C=O) groups excluding carboxylic acids is 1. The van der Waals surface area contributed by atoms with Crippen LogP contribution < -0.4 is 0 Å². The van der Waals surface area contributed by atoms with Crippen molar-refractivity contribution in [3.63, 3.8) is 0 Å². The van der Waals surface area contributed by atoms with Crippen LogP contribution in [0.15, 0.2) is 36.1 Å². The van der Waals surface area contributed by atoms with E-state index in [9.17, 15) is 14.9 Å². The van der Waals surface area contributed by atoms with Gasteiger partial charge in [0.05, 0.1) is 12.0 Å². The average Bonchev–Trinajstić information content (AvgIpc) is 2.43. The molecule has 0 aliphatic carbocycles. The zero-order valence-electron chi connectivity index (χ0n) is 12.2. The number of ether oxygens (including phenoxy) is 1. The van der Waals surface area contributed by atoms with E-state index in [1.54, 1.807) is 12.2 Å². The number of methoxy groups -OCH3 is 1. The van der Waals surface area contributed by atoms with Gasteiger partial charge in [-0.15, -0.1) is 0 Å². The predicted octanol–water partition coefficient (Wildman–Crippen LogP) is 3.79. The highest BCUT2D eigenvalue weighted by molar-refractivity contribution is 5.81. The van der Waals surface area contributed by atoms with E-state index in [1.807, 2.05) is 0 Å². The van der Waals surface area contributed by atoms with Gasteiger partial charge >= 0.3 is 5.97 Å². The van der Waals surface area contributed by atoms with Crippen molar-refractivity contribution in [2.24, 2.45) is 0 Å². The van der Waals surface area contributed by atoms with E-state index in [4.69, 9.17) is 0 Å². The van der Waals surface area contributed by atoms with E-state index in [-0.39, 0.29) is 16.6 Å². The number of nitrogens with zero attached hydrogens (tertiary/aromatic N) is 1. The van der Waals surface area contributed by atoms with Crippen LogP contribution in [0, 0.1) is 10.1 Å². The maximum atomic E-state index is 10.8. The van der Waals surface area contributed by atoms with Gasteiger partial charge in [0.1, 0.15) is 0 Å². The van der Waals surface area contributed by atoms with E-state index >= 15 is 0 Å². The molecule has 20 heavy (non-hydrogen) atoms. The number of hydrogen-bond acceptors (Lipinski definition) is 4. The van der Waals surface area contributed by atoms with Crippen molar-refractivity contribution in [1.82, 2.24) is 0 Å². The molecule has 0 aliphatic rings. The molecular formula is C15H23NO4. The van der Waals surface area contributed by atoms with E-state index in [1.165, 1.54) is 20.1 Å². The van der Waals surface area contributed by atoms with Crippen molar-refractivity contribution < 1.29 is 14.5 Å². The molecule has 0 fully saturated rings. The molecule has 0 saturated heterocycles. The summed E-state index contributed by atoms with van der Waals surface area (Å²) >= 11 is 0. The highest BCUT2D eigenvalue weighted by atomic mass is 16.6. The molecule has 0 heterocycles. The van der Waals surface area contributed by atoms with Crippen molar-refractivity contribution in [3.8, 4) is 0 Å². The highest BCUT2D eigenvalue weighted by Gasteiger charge is 1.99. The summed E-state index contributed by atoms with van der Waals surface area (Å²) in [5, 5.41) is 10.3. The summed E-state index contributed by atoms with van der Waals surface area (Å²) in [5.74, 6) is -0.327. The molecule has 0 atom stereocenters. The topological polar surface area (TPSA) is 69.4 Å². The molecule has 0 rings (SSSR count). The first-order valence-electron chi connectivity index (χ1n) is 6.78. The van der Waals surface area contributed by atoms with Crippen LogP contribution in [0.2, 0.25) is 0 Å². The summed E-state index contributed by atoms with van der Waals surface area (Å²) in [6.07, 6.45) is 14.5. The summed E-state index contributed by atoms with van der Waals surface area (Å²) in [5.41, 5.74) is 0.220. The van der Waals surface area contributed by atoms with E-state index in [0.717, 1.165) is 38.5 Å². The third kappa shape index (κ3) is 11.2. The highest BCUT2D eigenvalue weighted by Crippen LogP contribution is 2.05. The maximum Gasteiger partial charge on any atom is 0.330 e. The van der Waals surface area contributed by atoms with Crippen LogP contribution in [-0.2, 0) is 9.53 Å². The van der Waals surface area contributed by atoms with Crippen LogP contribution in [0.4, 0.5) is 0 Å². The third-order valence-corrected chi connectivity index (χ3v) is 2.67. The second-order valence-corrected chi connectivity index (χ2v) is 4.36. The molecular weight excluding hydrogens is 258 g/mol. The summed E-state index contributed by atoms with van der Waals surface area (Å²) in [4.78, 5) is 20.7. The smallest absolute Gasteiger partial charge is 0.330 e. The fourth-order valence-corrected chi connectivity index (χ4v) is 1.47. The molecule has 0 radical (unpaired) electrons. The lowest BCUT2D eigenvalue weighted by Gasteiger charge is -1.94. The first-order valence-corrected chi connectivity index (χ1v) is 6.78. The normalized spacial score (nSPS) is 12.2. The Labute approximate surface area is 120 Å². The second-order valence-electron chi connectivity index (χ2n) is 4.36. The number of nitro groups is 1. The number of esters is 1. The standard InChI is InChI=1S/C15H23NO4/c1-14(16(18)19)12-10-8-6-4-3-5-7-9-11-13-15(17)20-2/h3,5,11-13H,4,6-10H2,1-2H3/b5-3-,13-11-,14-12+. The molecule has 0 aromatic heterocycles. The Kier molecular flexibility index (Phi) is 11.0. The summed E-state index contributed by atoms with van der Waals surface area (Å²) in [7, 11) is 1.36. The van der Waals surface area contributed by atoms with Crippen LogP contribution in [-0.4, -0.2) is 18.0 Å². The second kappa shape index (κ2) is 12.1. The van der Waals surface area contributed by atoms with Gasteiger partial charge in [0.15, 0.2) is 0 Å². The number of hydrogen-bond donors (Lipinski definition) is 0. The number of carbonyl (C=O) groups is 1. The molecule has 0 bridgehead atoms. The zero-order chi connectivity index (χ0) is 15.2. The van der Waals surface area contributed by atoms with Gasteiger partial charge in [-0.05, 0) is 44.6 Å². The van der Waals surface area contributed by atoms with Gasteiger partial charge in [-0.2, -0.15) is 0 Å². The lowest BCUT2D eigenvalue weighted by atomic mass is 10.1. The van der Waals surface area contributed by atoms with Crippen LogP contribution in [0.1, 0.15) is 45.4 Å². The van der Waals surface area contributed by atoms with Gasteiger partial charge in [-0.1, -0.05) is 18.2 Å². The average molecular weight is 281 g/mol. The number of unbranched alkanes of at least 4 members (excludes halogenated alkanes) is 4. The molecule has 0 aromatic carbocycles. The molecule has 0 aromatic rings.